The van der Waals surface area contributed by atoms with Crippen molar-refractivity contribution in [1.29, 1.82) is 0 Å². The summed E-state index contributed by atoms with van der Waals surface area (Å²) in [4.78, 5) is 6.92. The quantitative estimate of drug-likeness (QED) is 0.274. The average molecular weight is 470 g/mol. The summed E-state index contributed by atoms with van der Waals surface area (Å²) in [5.41, 5.74) is 4.16. The molecular formula is C27H23N3O3S. The van der Waals surface area contributed by atoms with Crippen molar-refractivity contribution in [2.75, 3.05) is 19.7 Å². The number of ether oxygens (including phenoxy) is 1. The lowest BCUT2D eigenvalue weighted by atomic mass is 10.0. The predicted molar refractivity (Wildman–Crippen MR) is 133 cm³/mol. The lowest BCUT2D eigenvalue weighted by molar-refractivity contribution is 0.196. The highest BCUT2D eigenvalue weighted by Crippen LogP contribution is 2.28. The molecule has 7 heteroatoms. The Hall–Kier alpha value is -3.68. The van der Waals surface area contributed by atoms with Crippen molar-refractivity contribution in [2.45, 2.75) is 13.0 Å². The molecule has 0 unspecified atom stereocenters. The van der Waals surface area contributed by atoms with E-state index in [1.54, 1.807) is 17.4 Å². The highest BCUT2D eigenvalue weighted by molar-refractivity contribution is 7.17. The number of rotatable bonds is 5. The molecule has 0 saturated heterocycles. The van der Waals surface area contributed by atoms with Gasteiger partial charge in [0.1, 0.15) is 29.0 Å². The maximum atomic E-state index is 9.68. The summed E-state index contributed by atoms with van der Waals surface area (Å²) in [6.07, 6.45) is 2.90. The van der Waals surface area contributed by atoms with Gasteiger partial charge in [0.25, 0.3) is 0 Å². The monoisotopic (exact) mass is 469 g/mol. The highest BCUT2D eigenvalue weighted by Gasteiger charge is 2.15. The molecule has 0 radical (unpaired) electrons. The Kier molecular flexibility index (Phi) is 5.49. The minimum absolute atomic E-state index is 0.419. The lowest BCUT2D eigenvalue weighted by Crippen LogP contribution is -2.33. The third-order valence-electron chi connectivity index (χ3n) is 6.30. The summed E-state index contributed by atoms with van der Waals surface area (Å²) in [5.74, 6) is 1.27. The zero-order chi connectivity index (χ0) is 22.9. The molecule has 3 aromatic heterocycles. The molecule has 0 aliphatic carbocycles. The van der Waals surface area contributed by atoms with E-state index in [1.807, 2.05) is 41.9 Å². The fraction of sp³-hybridized carbons (Fsp3) is 0.185. The summed E-state index contributed by atoms with van der Waals surface area (Å²) >= 11 is 1.65. The summed E-state index contributed by atoms with van der Waals surface area (Å²) in [6, 6.07) is 20.0. The van der Waals surface area contributed by atoms with Gasteiger partial charge in [0.05, 0.1) is 5.39 Å². The second-order valence-electron chi connectivity index (χ2n) is 8.43. The van der Waals surface area contributed by atoms with Gasteiger partial charge >= 0.3 is 0 Å². The number of thiophene rings is 1. The van der Waals surface area contributed by atoms with Crippen molar-refractivity contribution in [3.8, 4) is 17.2 Å². The predicted octanol–water partition coefficient (Wildman–Crippen LogP) is 5.44. The Labute approximate surface area is 200 Å². The zero-order valence-corrected chi connectivity index (χ0v) is 19.3. The number of benzene rings is 2. The maximum absolute atomic E-state index is 9.68. The topological polar surface area (TPSA) is 71.1 Å². The summed E-state index contributed by atoms with van der Waals surface area (Å²) in [7, 11) is 0. The van der Waals surface area contributed by atoms with Gasteiger partial charge in [-0.2, -0.15) is 0 Å². The van der Waals surface area contributed by atoms with Gasteiger partial charge < -0.3 is 14.4 Å². The van der Waals surface area contributed by atoms with Gasteiger partial charge in [-0.15, -0.1) is 11.3 Å². The zero-order valence-electron chi connectivity index (χ0n) is 18.5. The van der Waals surface area contributed by atoms with Gasteiger partial charge in [0.2, 0.25) is 0 Å². The van der Waals surface area contributed by atoms with Crippen molar-refractivity contribution in [2.24, 2.45) is 5.16 Å². The van der Waals surface area contributed by atoms with Crippen LogP contribution in [0.15, 0.2) is 81.8 Å². The molecule has 0 amide bonds. The first kappa shape index (κ1) is 20.9. The van der Waals surface area contributed by atoms with Crippen LogP contribution in [0.2, 0.25) is 0 Å². The van der Waals surface area contributed by atoms with Crippen LogP contribution in [-0.4, -0.2) is 34.8 Å². The van der Waals surface area contributed by atoms with Crippen molar-refractivity contribution in [3.63, 3.8) is 0 Å². The molecule has 34 heavy (non-hydrogen) atoms. The Balaban J connectivity index is 1.20. The molecule has 170 valence electrons. The first-order valence-corrected chi connectivity index (χ1v) is 12.2. The SMILES string of the molecule is O/N=c1\cc(-c2cc3sccc3cn2)oc2ccc(OCCN3CCc4ccccc4C3)cc12. The minimum Gasteiger partial charge on any atom is -0.492 e. The van der Waals surface area contributed by atoms with E-state index < -0.39 is 0 Å². The number of hydrogen-bond acceptors (Lipinski definition) is 7. The van der Waals surface area contributed by atoms with Gasteiger partial charge in [-0.05, 0) is 53.3 Å². The number of hydrogen-bond donors (Lipinski definition) is 1. The van der Waals surface area contributed by atoms with Crippen LogP contribution in [0.25, 0.3) is 32.5 Å². The largest absolute Gasteiger partial charge is 0.492 e. The molecule has 2 aromatic carbocycles. The maximum Gasteiger partial charge on any atom is 0.155 e. The number of pyridine rings is 1. The molecule has 1 aliphatic rings. The molecule has 1 aliphatic heterocycles. The molecule has 5 aromatic rings. The molecule has 1 N–H and O–H groups in total. The van der Waals surface area contributed by atoms with Crippen LogP contribution < -0.4 is 10.1 Å². The molecule has 0 spiro atoms. The summed E-state index contributed by atoms with van der Waals surface area (Å²) in [6.45, 7) is 3.43. The number of nitrogens with zero attached hydrogens (tertiary/aromatic N) is 3. The van der Waals surface area contributed by atoms with Crippen LogP contribution in [0.5, 0.6) is 5.75 Å². The van der Waals surface area contributed by atoms with Crippen LogP contribution in [0.1, 0.15) is 11.1 Å². The highest BCUT2D eigenvalue weighted by atomic mass is 32.1. The van der Waals surface area contributed by atoms with Crippen LogP contribution in [-0.2, 0) is 13.0 Å². The van der Waals surface area contributed by atoms with E-state index in [-0.39, 0.29) is 0 Å². The van der Waals surface area contributed by atoms with Crippen molar-refractivity contribution < 1.29 is 14.4 Å². The van der Waals surface area contributed by atoms with Crippen LogP contribution in [0, 0.1) is 0 Å². The average Bonchev–Trinajstić information content (AvgIpc) is 3.36. The Morgan fingerprint density at radius 2 is 2.00 bits per heavy atom. The van der Waals surface area contributed by atoms with Crippen molar-refractivity contribution >= 4 is 32.4 Å². The minimum atomic E-state index is 0.419. The van der Waals surface area contributed by atoms with Crippen LogP contribution in [0.4, 0.5) is 0 Å². The van der Waals surface area contributed by atoms with Gasteiger partial charge in [-0.25, -0.2) is 0 Å². The van der Waals surface area contributed by atoms with Gasteiger partial charge in [0, 0.05) is 42.0 Å². The Morgan fingerprint density at radius 3 is 2.91 bits per heavy atom. The third-order valence-corrected chi connectivity index (χ3v) is 7.18. The first-order chi connectivity index (χ1) is 16.8. The standard InChI is InChI=1S/C27H23N3O3S/c31-29-23-14-26(24-15-27-19(16-28-24)8-12-34-27)33-25-6-5-21(13-22(23)25)32-11-10-30-9-7-18-3-1-2-4-20(18)17-30/h1-6,8,12-16,31H,7,9-11,17H2/b29-23+. The van der Waals surface area contributed by atoms with E-state index in [1.165, 1.54) is 11.1 Å². The second-order valence-corrected chi connectivity index (χ2v) is 9.37. The lowest BCUT2D eigenvalue weighted by Gasteiger charge is -2.28. The van der Waals surface area contributed by atoms with Crippen LogP contribution >= 0.6 is 11.3 Å². The van der Waals surface area contributed by atoms with Crippen molar-refractivity contribution in [1.82, 2.24) is 9.88 Å². The fourth-order valence-electron chi connectivity index (χ4n) is 4.47. The van der Waals surface area contributed by atoms with Crippen LogP contribution in [0.3, 0.4) is 0 Å². The summed E-state index contributed by atoms with van der Waals surface area (Å²) < 4.78 is 13.3. The van der Waals surface area contributed by atoms with E-state index in [0.717, 1.165) is 41.9 Å². The van der Waals surface area contributed by atoms with E-state index in [0.29, 0.717) is 34.4 Å². The van der Waals surface area contributed by atoms with E-state index >= 15 is 0 Å². The normalized spacial score (nSPS) is 14.5. The molecule has 0 saturated carbocycles. The summed E-state index contributed by atoms with van der Waals surface area (Å²) in [5, 5.41) is 17.4. The number of fused-ring (bicyclic) bond motifs is 3. The van der Waals surface area contributed by atoms with E-state index in [9.17, 15) is 5.21 Å². The van der Waals surface area contributed by atoms with Gasteiger partial charge in [-0.1, -0.05) is 29.4 Å². The molecule has 6 rings (SSSR count). The van der Waals surface area contributed by atoms with Crippen molar-refractivity contribution in [3.05, 3.63) is 88.7 Å². The fourth-order valence-corrected chi connectivity index (χ4v) is 5.27. The smallest absolute Gasteiger partial charge is 0.155 e. The first-order valence-electron chi connectivity index (χ1n) is 11.3. The number of aromatic nitrogens is 1. The Morgan fingerprint density at radius 1 is 1.09 bits per heavy atom. The van der Waals surface area contributed by atoms with E-state index in [2.05, 4.69) is 39.3 Å². The molecule has 0 atom stereocenters. The second kappa shape index (κ2) is 8.93. The van der Waals surface area contributed by atoms with E-state index in [4.69, 9.17) is 9.15 Å². The molecule has 0 fully saturated rings. The third kappa shape index (κ3) is 4.04. The molecular weight excluding hydrogens is 446 g/mol. The molecule has 4 heterocycles. The van der Waals surface area contributed by atoms with Gasteiger partial charge in [0.15, 0.2) is 5.76 Å². The Bertz CT molecular complexity index is 1560. The van der Waals surface area contributed by atoms with Gasteiger partial charge in [-0.3, -0.25) is 9.88 Å². The molecule has 6 nitrogen and oxygen atoms in total. The molecule has 0 bridgehead atoms.